The van der Waals surface area contributed by atoms with Crippen LogP contribution >= 0.6 is 11.6 Å². The Kier molecular flexibility index (Phi) is 4.12. The number of aryl methyl sites for hydroxylation is 1. The van der Waals surface area contributed by atoms with Gasteiger partial charge >= 0.3 is 0 Å². The van der Waals surface area contributed by atoms with Crippen LogP contribution in [0.25, 0.3) is 0 Å². The number of hydrogen-bond acceptors (Lipinski definition) is 3. The molecule has 1 atom stereocenters. The van der Waals surface area contributed by atoms with Gasteiger partial charge in [0.1, 0.15) is 5.82 Å². The molecule has 1 heterocycles. The summed E-state index contributed by atoms with van der Waals surface area (Å²) >= 11 is 5.95. The van der Waals surface area contributed by atoms with Gasteiger partial charge in [0.05, 0.1) is 12.0 Å². The van der Waals surface area contributed by atoms with Gasteiger partial charge in [-0.25, -0.2) is 9.97 Å². The third kappa shape index (κ3) is 3.70. The molecular formula is C9H13ClN2O. The Morgan fingerprint density at radius 3 is 2.62 bits per heavy atom. The number of methoxy groups -OCH3 is 1. The van der Waals surface area contributed by atoms with Crippen molar-refractivity contribution < 1.29 is 4.74 Å². The van der Waals surface area contributed by atoms with Crippen LogP contribution < -0.4 is 0 Å². The second-order valence-corrected chi connectivity index (χ2v) is 3.55. The smallest absolute Gasteiger partial charge is 0.129 e. The Labute approximate surface area is 83.1 Å². The van der Waals surface area contributed by atoms with Crippen molar-refractivity contribution in [2.24, 2.45) is 0 Å². The van der Waals surface area contributed by atoms with E-state index in [1.54, 1.807) is 19.5 Å². The lowest BCUT2D eigenvalue weighted by Crippen LogP contribution is -2.12. The molecule has 0 aliphatic heterocycles. The zero-order chi connectivity index (χ0) is 9.68. The monoisotopic (exact) mass is 200 g/mol. The van der Waals surface area contributed by atoms with Crippen LogP contribution in [0.5, 0.6) is 0 Å². The van der Waals surface area contributed by atoms with Crippen LogP contribution in [0.15, 0.2) is 12.4 Å². The minimum atomic E-state index is -0.0484. The Morgan fingerprint density at radius 2 is 2.08 bits per heavy atom. The highest BCUT2D eigenvalue weighted by atomic mass is 35.5. The van der Waals surface area contributed by atoms with Crippen molar-refractivity contribution in [2.45, 2.75) is 18.7 Å². The topological polar surface area (TPSA) is 35.0 Å². The van der Waals surface area contributed by atoms with E-state index in [0.717, 1.165) is 11.4 Å². The largest absolute Gasteiger partial charge is 0.383 e. The van der Waals surface area contributed by atoms with Crippen LogP contribution in [-0.2, 0) is 11.2 Å². The molecule has 72 valence electrons. The van der Waals surface area contributed by atoms with E-state index in [2.05, 4.69) is 9.97 Å². The van der Waals surface area contributed by atoms with Gasteiger partial charge in [0, 0.05) is 25.9 Å². The molecule has 0 bridgehead atoms. The number of nitrogens with zero attached hydrogens (tertiary/aromatic N) is 2. The summed E-state index contributed by atoms with van der Waals surface area (Å²) in [4.78, 5) is 8.30. The van der Waals surface area contributed by atoms with E-state index in [0.29, 0.717) is 13.0 Å². The fourth-order valence-corrected chi connectivity index (χ4v) is 1.23. The Bertz CT molecular complexity index is 250. The molecule has 0 radical (unpaired) electrons. The molecule has 13 heavy (non-hydrogen) atoms. The number of halogens is 1. The second kappa shape index (κ2) is 5.14. The molecule has 1 aromatic rings. The average Bonchev–Trinajstić information content (AvgIpc) is 2.09. The molecule has 0 aliphatic rings. The average molecular weight is 201 g/mol. The molecule has 0 N–H and O–H groups in total. The summed E-state index contributed by atoms with van der Waals surface area (Å²) < 4.78 is 4.91. The Balaban J connectivity index is 2.49. The first-order chi connectivity index (χ1) is 6.22. The van der Waals surface area contributed by atoms with E-state index in [-0.39, 0.29) is 5.38 Å². The lowest BCUT2D eigenvalue weighted by atomic mass is 10.3. The van der Waals surface area contributed by atoms with Crippen molar-refractivity contribution in [2.75, 3.05) is 13.7 Å². The molecule has 4 heteroatoms. The number of ether oxygens (including phenoxy) is 1. The molecule has 0 saturated carbocycles. The summed E-state index contributed by atoms with van der Waals surface area (Å²) in [7, 11) is 1.63. The van der Waals surface area contributed by atoms with Crippen LogP contribution in [0, 0.1) is 6.92 Å². The number of aromatic nitrogens is 2. The number of rotatable bonds is 4. The van der Waals surface area contributed by atoms with Gasteiger partial charge in [-0.3, -0.25) is 0 Å². The van der Waals surface area contributed by atoms with Gasteiger partial charge in [-0.05, 0) is 12.5 Å². The van der Waals surface area contributed by atoms with E-state index in [4.69, 9.17) is 16.3 Å². The maximum absolute atomic E-state index is 5.95. The number of alkyl halides is 1. The highest BCUT2D eigenvalue weighted by molar-refractivity contribution is 6.20. The zero-order valence-electron chi connectivity index (χ0n) is 7.83. The molecule has 1 unspecified atom stereocenters. The fraction of sp³-hybridized carbons (Fsp3) is 0.556. The first-order valence-corrected chi connectivity index (χ1v) is 4.56. The lowest BCUT2D eigenvalue weighted by molar-refractivity contribution is 0.197. The van der Waals surface area contributed by atoms with E-state index in [9.17, 15) is 0 Å². The molecule has 0 spiro atoms. The summed E-state index contributed by atoms with van der Waals surface area (Å²) in [5, 5.41) is -0.0484. The normalized spacial score (nSPS) is 12.8. The van der Waals surface area contributed by atoms with Crippen molar-refractivity contribution in [1.29, 1.82) is 0 Å². The van der Waals surface area contributed by atoms with Gasteiger partial charge in [-0.15, -0.1) is 11.6 Å². The SMILES string of the molecule is COCC(Cl)Cc1ncc(C)cn1. The highest BCUT2D eigenvalue weighted by Crippen LogP contribution is 2.04. The van der Waals surface area contributed by atoms with Crippen LogP contribution in [0.2, 0.25) is 0 Å². The molecule has 0 aromatic carbocycles. The van der Waals surface area contributed by atoms with E-state index in [1.165, 1.54) is 0 Å². The van der Waals surface area contributed by atoms with E-state index in [1.807, 2.05) is 6.92 Å². The van der Waals surface area contributed by atoms with Gasteiger partial charge in [0.2, 0.25) is 0 Å². The highest BCUT2D eigenvalue weighted by Gasteiger charge is 2.06. The third-order valence-corrected chi connectivity index (χ3v) is 1.87. The van der Waals surface area contributed by atoms with Crippen LogP contribution in [0.1, 0.15) is 11.4 Å². The summed E-state index contributed by atoms with van der Waals surface area (Å²) in [5.41, 5.74) is 1.06. The van der Waals surface area contributed by atoms with Crippen LogP contribution in [0.4, 0.5) is 0 Å². The molecule has 1 rings (SSSR count). The molecule has 0 amide bonds. The van der Waals surface area contributed by atoms with Gasteiger partial charge in [0.25, 0.3) is 0 Å². The van der Waals surface area contributed by atoms with Crippen molar-refractivity contribution in [3.8, 4) is 0 Å². The lowest BCUT2D eigenvalue weighted by Gasteiger charge is -2.06. The molecule has 3 nitrogen and oxygen atoms in total. The van der Waals surface area contributed by atoms with Crippen LogP contribution in [0.3, 0.4) is 0 Å². The maximum atomic E-state index is 5.95. The van der Waals surface area contributed by atoms with Crippen molar-refractivity contribution >= 4 is 11.6 Å². The Morgan fingerprint density at radius 1 is 1.46 bits per heavy atom. The summed E-state index contributed by atoms with van der Waals surface area (Å²) in [5.74, 6) is 0.766. The summed E-state index contributed by atoms with van der Waals surface area (Å²) in [6, 6.07) is 0. The fourth-order valence-electron chi connectivity index (χ4n) is 0.963. The van der Waals surface area contributed by atoms with Crippen molar-refractivity contribution in [3.63, 3.8) is 0 Å². The molecular weight excluding hydrogens is 188 g/mol. The molecule has 0 aliphatic carbocycles. The van der Waals surface area contributed by atoms with Gasteiger partial charge in [-0.2, -0.15) is 0 Å². The maximum Gasteiger partial charge on any atom is 0.129 e. The van der Waals surface area contributed by atoms with Gasteiger partial charge < -0.3 is 4.74 Å². The van der Waals surface area contributed by atoms with Crippen LogP contribution in [-0.4, -0.2) is 29.1 Å². The zero-order valence-corrected chi connectivity index (χ0v) is 8.58. The molecule has 0 saturated heterocycles. The minimum Gasteiger partial charge on any atom is -0.383 e. The van der Waals surface area contributed by atoms with E-state index >= 15 is 0 Å². The second-order valence-electron chi connectivity index (χ2n) is 2.93. The summed E-state index contributed by atoms with van der Waals surface area (Å²) in [6.07, 6.45) is 4.23. The van der Waals surface area contributed by atoms with Crippen molar-refractivity contribution in [1.82, 2.24) is 9.97 Å². The molecule has 1 aromatic heterocycles. The predicted octanol–water partition coefficient (Wildman–Crippen LogP) is 1.58. The van der Waals surface area contributed by atoms with Crippen molar-refractivity contribution in [3.05, 3.63) is 23.8 Å². The summed E-state index contributed by atoms with van der Waals surface area (Å²) in [6.45, 7) is 2.48. The Hall–Kier alpha value is -0.670. The minimum absolute atomic E-state index is 0.0484. The van der Waals surface area contributed by atoms with Gasteiger partial charge in [0.15, 0.2) is 0 Å². The standard InChI is InChI=1S/C9H13ClN2O/c1-7-4-11-9(12-5-7)3-8(10)6-13-2/h4-5,8H,3,6H2,1-2H3. The van der Waals surface area contributed by atoms with Gasteiger partial charge in [-0.1, -0.05) is 0 Å². The predicted molar refractivity (Wildman–Crippen MR) is 52.0 cm³/mol. The third-order valence-electron chi connectivity index (χ3n) is 1.59. The number of hydrogen-bond donors (Lipinski definition) is 0. The first-order valence-electron chi connectivity index (χ1n) is 4.13. The van der Waals surface area contributed by atoms with E-state index < -0.39 is 0 Å². The first kappa shape index (κ1) is 10.4. The molecule has 0 fully saturated rings. The quantitative estimate of drug-likeness (QED) is 0.693.